The fraction of sp³-hybridized carbons (Fsp3) is 0.440. The van der Waals surface area contributed by atoms with Crippen molar-refractivity contribution in [1.29, 1.82) is 0 Å². The number of nitrogens with zero attached hydrogens (tertiary/aromatic N) is 5. The van der Waals surface area contributed by atoms with Gasteiger partial charge >= 0.3 is 0 Å². The first kappa shape index (κ1) is 19.9. The topological polar surface area (TPSA) is 63.9 Å². The van der Waals surface area contributed by atoms with Gasteiger partial charge in [-0.15, -0.1) is 0 Å². The lowest BCUT2D eigenvalue weighted by Crippen LogP contribution is -2.48. The highest BCUT2D eigenvalue weighted by atomic mass is 16.2. The van der Waals surface area contributed by atoms with Gasteiger partial charge in [0.25, 0.3) is 5.91 Å². The highest BCUT2D eigenvalue weighted by molar-refractivity contribution is 5.92. The van der Waals surface area contributed by atoms with E-state index in [4.69, 9.17) is 4.98 Å². The Hall–Kier alpha value is -3.02. The predicted octanol–water partition coefficient (Wildman–Crippen LogP) is 4.35. The number of aromatic nitrogens is 4. The first-order chi connectivity index (χ1) is 15.0. The molecule has 3 heterocycles. The van der Waals surface area contributed by atoms with Crippen LogP contribution in [0.25, 0.3) is 11.4 Å². The highest BCUT2D eigenvalue weighted by Gasteiger charge is 2.45. The maximum atomic E-state index is 13.3. The standard InChI is InChI=1S/C25H29N5O/c1-17(2)30-18(3)14-21(28-30)24(31)29-13-7-11-25(16-29)12-10-20-15-26-23(27-22(20)25)19-8-5-4-6-9-19/h4-6,8-9,14-15,17H,7,10-13,16H2,1-3H3. The molecule has 1 aliphatic carbocycles. The number of benzene rings is 1. The quantitative estimate of drug-likeness (QED) is 0.638. The van der Waals surface area contributed by atoms with Crippen LogP contribution in [0.3, 0.4) is 0 Å². The second-order valence-corrected chi connectivity index (χ2v) is 9.25. The van der Waals surface area contributed by atoms with Crippen LogP contribution < -0.4 is 0 Å². The lowest BCUT2D eigenvalue weighted by molar-refractivity contribution is 0.0626. The van der Waals surface area contributed by atoms with Gasteiger partial charge in [-0.25, -0.2) is 9.97 Å². The van der Waals surface area contributed by atoms with Gasteiger partial charge in [-0.05, 0) is 58.1 Å². The molecule has 1 fully saturated rings. The van der Waals surface area contributed by atoms with E-state index in [0.717, 1.165) is 55.0 Å². The number of piperidine rings is 1. The third kappa shape index (κ3) is 3.44. The van der Waals surface area contributed by atoms with Gasteiger partial charge in [-0.2, -0.15) is 5.10 Å². The van der Waals surface area contributed by atoms with Crippen LogP contribution in [0.5, 0.6) is 0 Å². The Balaban J connectivity index is 1.45. The molecule has 0 radical (unpaired) electrons. The molecule has 31 heavy (non-hydrogen) atoms. The molecular weight excluding hydrogens is 386 g/mol. The number of likely N-dealkylation sites (tertiary alicyclic amines) is 1. The van der Waals surface area contributed by atoms with Crippen LogP contribution in [0.2, 0.25) is 0 Å². The van der Waals surface area contributed by atoms with Crippen molar-refractivity contribution in [3.05, 3.63) is 65.2 Å². The third-order valence-corrected chi connectivity index (χ3v) is 6.77. The molecule has 160 valence electrons. The largest absolute Gasteiger partial charge is 0.336 e. The minimum Gasteiger partial charge on any atom is -0.336 e. The van der Waals surface area contributed by atoms with Gasteiger partial charge in [-0.1, -0.05) is 30.3 Å². The molecule has 1 unspecified atom stereocenters. The van der Waals surface area contributed by atoms with E-state index in [0.29, 0.717) is 12.2 Å². The highest BCUT2D eigenvalue weighted by Crippen LogP contribution is 2.44. The second-order valence-electron chi connectivity index (χ2n) is 9.25. The summed E-state index contributed by atoms with van der Waals surface area (Å²) in [5.41, 5.74) is 4.90. The van der Waals surface area contributed by atoms with Crippen molar-refractivity contribution in [3.8, 4) is 11.4 Å². The maximum absolute atomic E-state index is 13.3. The van der Waals surface area contributed by atoms with Gasteiger partial charge in [-0.3, -0.25) is 9.48 Å². The zero-order valence-electron chi connectivity index (χ0n) is 18.5. The summed E-state index contributed by atoms with van der Waals surface area (Å²) in [5, 5.41) is 4.60. The van der Waals surface area contributed by atoms with Gasteiger partial charge in [0.2, 0.25) is 0 Å². The molecule has 3 aromatic rings. The number of hydrogen-bond acceptors (Lipinski definition) is 4. The van der Waals surface area contributed by atoms with E-state index in [1.54, 1.807) is 0 Å². The van der Waals surface area contributed by atoms with Gasteiger partial charge in [0.05, 0.1) is 5.69 Å². The van der Waals surface area contributed by atoms with Gasteiger partial charge < -0.3 is 4.90 Å². The number of rotatable bonds is 3. The minimum atomic E-state index is -0.0780. The number of fused-ring (bicyclic) bond motifs is 2. The molecule has 2 aliphatic rings. The molecule has 6 nitrogen and oxygen atoms in total. The summed E-state index contributed by atoms with van der Waals surface area (Å²) in [6, 6.07) is 12.3. The van der Waals surface area contributed by atoms with Crippen LogP contribution in [-0.4, -0.2) is 43.6 Å². The van der Waals surface area contributed by atoms with Crippen molar-refractivity contribution in [3.63, 3.8) is 0 Å². The molecule has 0 bridgehead atoms. The van der Waals surface area contributed by atoms with E-state index in [2.05, 4.69) is 23.9 Å². The molecule has 2 aromatic heterocycles. The molecule has 1 atom stereocenters. The molecule has 1 spiro atoms. The van der Waals surface area contributed by atoms with Crippen molar-refractivity contribution in [2.75, 3.05) is 13.1 Å². The average Bonchev–Trinajstić information content (AvgIpc) is 3.35. The zero-order valence-corrected chi connectivity index (χ0v) is 18.5. The second kappa shape index (κ2) is 7.59. The van der Waals surface area contributed by atoms with Crippen molar-refractivity contribution < 1.29 is 4.79 Å². The van der Waals surface area contributed by atoms with Crippen LogP contribution in [-0.2, 0) is 11.8 Å². The first-order valence-electron chi connectivity index (χ1n) is 11.2. The van der Waals surface area contributed by atoms with Gasteiger partial charge in [0.15, 0.2) is 11.5 Å². The zero-order chi connectivity index (χ0) is 21.6. The van der Waals surface area contributed by atoms with Crippen LogP contribution in [0.15, 0.2) is 42.6 Å². The lowest BCUT2D eigenvalue weighted by Gasteiger charge is -2.40. The predicted molar refractivity (Wildman–Crippen MR) is 120 cm³/mol. The summed E-state index contributed by atoms with van der Waals surface area (Å²) in [7, 11) is 0. The number of carbonyl (C=O) groups excluding carboxylic acids is 1. The van der Waals surface area contributed by atoms with Crippen LogP contribution >= 0.6 is 0 Å². The molecule has 5 rings (SSSR count). The molecule has 1 aromatic carbocycles. The molecule has 0 saturated carbocycles. The SMILES string of the molecule is Cc1cc(C(=O)N2CCCC3(CCc4cnc(-c5ccccc5)nc43)C2)nn1C(C)C. The van der Waals surface area contributed by atoms with E-state index in [-0.39, 0.29) is 17.4 Å². The van der Waals surface area contributed by atoms with E-state index < -0.39 is 0 Å². The minimum absolute atomic E-state index is 0.0346. The third-order valence-electron chi connectivity index (χ3n) is 6.77. The lowest BCUT2D eigenvalue weighted by atomic mass is 9.77. The smallest absolute Gasteiger partial charge is 0.274 e. The Bertz CT molecular complexity index is 1120. The van der Waals surface area contributed by atoms with Crippen molar-refractivity contribution >= 4 is 5.91 Å². The van der Waals surface area contributed by atoms with Crippen LogP contribution in [0.1, 0.15) is 66.6 Å². The average molecular weight is 416 g/mol. The van der Waals surface area contributed by atoms with E-state index in [1.165, 1.54) is 5.56 Å². The van der Waals surface area contributed by atoms with Gasteiger partial charge in [0.1, 0.15) is 0 Å². The Kier molecular flexibility index (Phi) is 4.88. The molecule has 0 N–H and O–H groups in total. The first-order valence-corrected chi connectivity index (χ1v) is 11.2. The summed E-state index contributed by atoms with van der Waals surface area (Å²) in [6.45, 7) is 7.67. The Morgan fingerprint density at radius 3 is 2.71 bits per heavy atom. The summed E-state index contributed by atoms with van der Waals surface area (Å²) in [4.78, 5) is 25.0. The summed E-state index contributed by atoms with van der Waals surface area (Å²) < 4.78 is 1.93. The molecule has 1 amide bonds. The summed E-state index contributed by atoms with van der Waals surface area (Å²) >= 11 is 0. The summed E-state index contributed by atoms with van der Waals surface area (Å²) in [5.74, 6) is 0.808. The molecule has 6 heteroatoms. The normalized spacial score (nSPS) is 20.5. The fourth-order valence-corrected chi connectivity index (χ4v) is 5.25. The summed E-state index contributed by atoms with van der Waals surface area (Å²) in [6.07, 6.45) is 6.05. The monoisotopic (exact) mass is 415 g/mol. The Morgan fingerprint density at radius 2 is 1.97 bits per heavy atom. The number of aryl methyl sites for hydroxylation is 2. The van der Waals surface area contributed by atoms with E-state index in [1.807, 2.05) is 59.1 Å². The number of hydrogen-bond donors (Lipinski definition) is 0. The molecule has 1 aliphatic heterocycles. The Labute approximate surface area is 183 Å². The van der Waals surface area contributed by atoms with Crippen LogP contribution in [0.4, 0.5) is 0 Å². The molecule has 1 saturated heterocycles. The van der Waals surface area contributed by atoms with Gasteiger partial charge in [0, 0.05) is 42.0 Å². The molecular formula is C25H29N5O. The van der Waals surface area contributed by atoms with Crippen molar-refractivity contribution in [1.82, 2.24) is 24.6 Å². The number of amides is 1. The fourth-order valence-electron chi connectivity index (χ4n) is 5.25. The maximum Gasteiger partial charge on any atom is 0.274 e. The number of carbonyl (C=O) groups is 1. The van der Waals surface area contributed by atoms with E-state index in [9.17, 15) is 4.79 Å². The van der Waals surface area contributed by atoms with Crippen molar-refractivity contribution in [2.45, 2.75) is 57.9 Å². The Morgan fingerprint density at radius 1 is 1.16 bits per heavy atom. The van der Waals surface area contributed by atoms with Crippen LogP contribution in [0, 0.1) is 6.92 Å². The van der Waals surface area contributed by atoms with E-state index >= 15 is 0 Å². The van der Waals surface area contributed by atoms with Crippen molar-refractivity contribution in [2.24, 2.45) is 0 Å².